The lowest BCUT2D eigenvalue weighted by molar-refractivity contribution is -0.137. The summed E-state index contributed by atoms with van der Waals surface area (Å²) in [4.78, 5) is 27.9. The minimum absolute atomic E-state index is 0.0215. The number of nitrogens with zero attached hydrogens (tertiary/aromatic N) is 1. The van der Waals surface area contributed by atoms with Gasteiger partial charge >= 0.3 is 6.18 Å². The molecule has 1 amide bonds. The monoisotopic (exact) mass is 613 g/mol. The average Bonchev–Trinajstić information content (AvgIpc) is 2.95. The van der Waals surface area contributed by atoms with Crippen molar-refractivity contribution in [3.8, 4) is 34.2 Å². The van der Waals surface area contributed by atoms with Crippen LogP contribution in [-0.2, 0) is 17.5 Å². The molecule has 1 heterocycles. The average molecular weight is 614 g/mol. The van der Waals surface area contributed by atoms with E-state index in [2.05, 4.69) is 10.3 Å². The minimum atomic E-state index is -4.69. The van der Waals surface area contributed by atoms with Gasteiger partial charge in [0.1, 0.15) is 17.4 Å². The maximum absolute atomic E-state index is 13.4. The van der Waals surface area contributed by atoms with Crippen molar-refractivity contribution in [1.82, 2.24) is 10.3 Å². The SMILES string of the molecule is CC(CCC(=O)NCc1cc(Cl)cc(-c2cc(-c3cc(C(F)(F)F)ccc3Cl)c(C#N)c(=O)[nH]2)c1O)c1ccccc1. The number of aromatic hydroxyl groups is 1. The Labute approximate surface area is 249 Å². The zero-order valence-electron chi connectivity index (χ0n) is 22.2. The van der Waals surface area contributed by atoms with Crippen molar-refractivity contribution in [3.63, 3.8) is 0 Å². The van der Waals surface area contributed by atoms with Crippen LogP contribution in [0.25, 0.3) is 22.4 Å². The van der Waals surface area contributed by atoms with Crippen molar-refractivity contribution in [2.24, 2.45) is 0 Å². The number of alkyl halides is 3. The second-order valence-electron chi connectivity index (χ2n) is 9.69. The molecule has 4 aromatic rings. The quantitative estimate of drug-likeness (QED) is 0.188. The molecule has 1 aromatic heterocycles. The van der Waals surface area contributed by atoms with E-state index in [4.69, 9.17) is 23.2 Å². The first kappa shape index (κ1) is 30.7. The van der Waals surface area contributed by atoms with E-state index in [0.717, 1.165) is 23.8 Å². The Balaban J connectivity index is 1.63. The predicted octanol–water partition coefficient (Wildman–Crippen LogP) is 7.81. The molecule has 216 valence electrons. The zero-order chi connectivity index (χ0) is 30.6. The van der Waals surface area contributed by atoms with E-state index in [-0.39, 0.29) is 68.5 Å². The third-order valence-corrected chi connectivity index (χ3v) is 7.37. The number of halogens is 5. The summed E-state index contributed by atoms with van der Waals surface area (Å²) < 4.78 is 40.2. The number of pyridine rings is 1. The van der Waals surface area contributed by atoms with Crippen LogP contribution in [0.3, 0.4) is 0 Å². The molecule has 3 aromatic carbocycles. The van der Waals surface area contributed by atoms with Crippen LogP contribution < -0.4 is 10.9 Å². The van der Waals surface area contributed by atoms with Crippen molar-refractivity contribution in [2.45, 2.75) is 38.4 Å². The van der Waals surface area contributed by atoms with Crippen molar-refractivity contribution in [3.05, 3.63) is 109 Å². The number of carbonyl (C=O) groups excluding carboxylic acids is 1. The highest BCUT2D eigenvalue weighted by Gasteiger charge is 2.31. The van der Waals surface area contributed by atoms with Crippen molar-refractivity contribution >= 4 is 29.1 Å². The Morgan fingerprint density at radius 1 is 1.05 bits per heavy atom. The van der Waals surface area contributed by atoms with Crippen molar-refractivity contribution < 1.29 is 23.1 Å². The maximum Gasteiger partial charge on any atom is 0.416 e. The summed E-state index contributed by atoms with van der Waals surface area (Å²) in [6.45, 7) is 1.95. The highest BCUT2D eigenvalue weighted by molar-refractivity contribution is 6.33. The first-order valence-corrected chi connectivity index (χ1v) is 13.5. The van der Waals surface area contributed by atoms with E-state index in [9.17, 15) is 33.1 Å². The van der Waals surface area contributed by atoms with Gasteiger partial charge in [0.25, 0.3) is 5.56 Å². The van der Waals surface area contributed by atoms with Crippen molar-refractivity contribution in [2.75, 3.05) is 0 Å². The Morgan fingerprint density at radius 2 is 1.76 bits per heavy atom. The fourth-order valence-electron chi connectivity index (χ4n) is 4.51. The lowest BCUT2D eigenvalue weighted by Gasteiger charge is -2.15. The molecule has 0 radical (unpaired) electrons. The molecule has 0 aliphatic heterocycles. The number of benzene rings is 3. The Bertz CT molecular complexity index is 1730. The lowest BCUT2D eigenvalue weighted by Crippen LogP contribution is -2.23. The van der Waals surface area contributed by atoms with E-state index < -0.39 is 22.9 Å². The van der Waals surface area contributed by atoms with Gasteiger partial charge in [-0.3, -0.25) is 9.59 Å². The number of hydrogen-bond donors (Lipinski definition) is 3. The van der Waals surface area contributed by atoms with E-state index >= 15 is 0 Å². The second-order valence-corrected chi connectivity index (χ2v) is 10.5. The summed E-state index contributed by atoms with van der Waals surface area (Å²) in [6.07, 6.45) is -3.84. The fraction of sp³-hybridized carbons (Fsp3) is 0.194. The molecule has 3 N–H and O–H groups in total. The number of phenols is 1. The van der Waals surface area contributed by atoms with Gasteiger partial charge in [-0.15, -0.1) is 0 Å². The van der Waals surface area contributed by atoms with Gasteiger partial charge in [-0.25, -0.2) is 0 Å². The van der Waals surface area contributed by atoms with Gasteiger partial charge in [0.05, 0.1) is 11.3 Å². The number of H-pyrrole nitrogens is 1. The number of aromatic nitrogens is 1. The first-order valence-electron chi connectivity index (χ1n) is 12.8. The number of phenolic OH excluding ortho intramolecular Hbond substituents is 1. The summed E-state index contributed by atoms with van der Waals surface area (Å²) in [7, 11) is 0. The number of carbonyl (C=O) groups is 1. The van der Waals surface area contributed by atoms with Crippen LogP contribution in [0.2, 0.25) is 10.0 Å². The van der Waals surface area contributed by atoms with Gasteiger partial charge in [-0.1, -0.05) is 60.5 Å². The maximum atomic E-state index is 13.4. The molecular formula is C31H24Cl2F3N3O3. The summed E-state index contributed by atoms with van der Waals surface area (Å²) in [5.74, 6) is -0.401. The second kappa shape index (κ2) is 12.7. The molecule has 0 bridgehead atoms. The van der Waals surface area contributed by atoms with E-state index in [1.165, 1.54) is 18.2 Å². The smallest absolute Gasteiger partial charge is 0.416 e. The number of rotatable bonds is 8. The highest BCUT2D eigenvalue weighted by atomic mass is 35.5. The molecule has 0 aliphatic rings. The molecule has 11 heteroatoms. The number of nitrogens with one attached hydrogen (secondary N) is 2. The molecule has 0 spiro atoms. The van der Waals surface area contributed by atoms with Crippen LogP contribution in [0.4, 0.5) is 13.2 Å². The van der Waals surface area contributed by atoms with Crippen LogP contribution in [0.1, 0.15) is 47.9 Å². The predicted molar refractivity (Wildman–Crippen MR) is 155 cm³/mol. The Kier molecular flexibility index (Phi) is 9.30. The molecule has 0 fully saturated rings. The van der Waals surface area contributed by atoms with Gasteiger partial charge in [0.2, 0.25) is 5.91 Å². The Morgan fingerprint density at radius 3 is 2.43 bits per heavy atom. The van der Waals surface area contributed by atoms with Crippen LogP contribution in [0, 0.1) is 11.3 Å². The summed E-state index contributed by atoms with van der Waals surface area (Å²) >= 11 is 12.5. The lowest BCUT2D eigenvalue weighted by atomic mass is 9.96. The molecular weight excluding hydrogens is 590 g/mol. The fourth-order valence-corrected chi connectivity index (χ4v) is 4.97. The minimum Gasteiger partial charge on any atom is -0.507 e. The molecule has 1 unspecified atom stereocenters. The topological polar surface area (TPSA) is 106 Å². The molecule has 42 heavy (non-hydrogen) atoms. The summed E-state index contributed by atoms with van der Waals surface area (Å²) in [5, 5.41) is 23.5. The summed E-state index contributed by atoms with van der Waals surface area (Å²) in [6, 6.07) is 18.1. The highest BCUT2D eigenvalue weighted by Crippen LogP contribution is 2.39. The van der Waals surface area contributed by atoms with Gasteiger partial charge < -0.3 is 15.4 Å². The molecule has 0 saturated carbocycles. The van der Waals surface area contributed by atoms with Gasteiger partial charge in [0.15, 0.2) is 0 Å². The number of amides is 1. The molecule has 4 rings (SSSR count). The summed E-state index contributed by atoms with van der Waals surface area (Å²) in [5.41, 5.74) is -1.35. The van der Waals surface area contributed by atoms with Crippen LogP contribution in [0.5, 0.6) is 5.75 Å². The zero-order valence-corrected chi connectivity index (χ0v) is 23.7. The number of hydrogen-bond acceptors (Lipinski definition) is 4. The molecule has 1 atom stereocenters. The molecule has 6 nitrogen and oxygen atoms in total. The first-order chi connectivity index (χ1) is 19.9. The third kappa shape index (κ3) is 6.96. The number of nitriles is 1. The standard InChI is InChI=1S/C31H24Cl2F3N3O3/c1-17(18-5-3-2-4-6-18)7-10-28(40)38-16-19-11-21(32)13-24(29(19)41)27-14-22(25(15-37)30(42)39-27)23-12-20(31(34,35)36)8-9-26(23)33/h2-6,8-9,11-14,17,41H,7,10,16H2,1H3,(H,38,40)(H,39,42). The van der Waals surface area contributed by atoms with E-state index in [0.29, 0.717) is 6.42 Å². The van der Waals surface area contributed by atoms with Gasteiger partial charge in [-0.2, -0.15) is 18.4 Å². The molecule has 0 aliphatic carbocycles. The van der Waals surface area contributed by atoms with E-state index in [1.807, 2.05) is 37.3 Å². The molecule has 0 saturated heterocycles. The third-order valence-electron chi connectivity index (χ3n) is 6.82. The van der Waals surface area contributed by atoms with Crippen LogP contribution in [0.15, 0.2) is 71.5 Å². The van der Waals surface area contributed by atoms with Gasteiger partial charge in [0, 0.05) is 45.3 Å². The Hall–Kier alpha value is -4.26. The normalized spacial score (nSPS) is 12.0. The largest absolute Gasteiger partial charge is 0.507 e. The van der Waals surface area contributed by atoms with Crippen molar-refractivity contribution in [1.29, 1.82) is 5.26 Å². The number of aromatic amines is 1. The van der Waals surface area contributed by atoms with Crippen LogP contribution >= 0.6 is 23.2 Å². The van der Waals surface area contributed by atoms with Crippen LogP contribution in [-0.4, -0.2) is 16.0 Å². The van der Waals surface area contributed by atoms with E-state index in [1.54, 1.807) is 6.07 Å². The van der Waals surface area contributed by atoms with Gasteiger partial charge in [-0.05, 0) is 54.3 Å².